The first-order valence-electron chi connectivity index (χ1n) is 6.59. The van der Waals surface area contributed by atoms with Gasteiger partial charge in [-0.1, -0.05) is 18.2 Å². The molecule has 1 N–H and O–H groups in total. The summed E-state index contributed by atoms with van der Waals surface area (Å²) < 4.78 is 0. The fourth-order valence-electron chi connectivity index (χ4n) is 3.27. The first-order valence-corrected chi connectivity index (χ1v) is 6.59. The number of benzene rings is 1. The summed E-state index contributed by atoms with van der Waals surface area (Å²) >= 11 is 0. The van der Waals surface area contributed by atoms with Gasteiger partial charge in [-0.15, -0.1) is 0 Å². The summed E-state index contributed by atoms with van der Waals surface area (Å²) in [6, 6.07) is 10.1. The number of para-hydroxylation sites is 1. The first kappa shape index (κ1) is 10.1. The maximum atomic E-state index is 4.71. The minimum Gasteiger partial charge on any atom is -0.324 e. The number of aromatic nitrogens is 2. The Labute approximate surface area is 106 Å². The molecule has 0 saturated heterocycles. The normalized spacial score (nSPS) is 24.0. The molecular formula is C15H15N3. The Morgan fingerprint density at radius 3 is 2.78 bits per heavy atom. The van der Waals surface area contributed by atoms with E-state index in [2.05, 4.69) is 10.3 Å². The number of anilines is 2. The zero-order chi connectivity index (χ0) is 11.9. The minimum atomic E-state index is 0.685. The van der Waals surface area contributed by atoms with Gasteiger partial charge in [0.25, 0.3) is 0 Å². The number of rotatable bonds is 2. The average Bonchev–Trinajstić information content (AvgIpc) is 3.01. The lowest BCUT2D eigenvalue weighted by molar-refractivity contribution is 0.693. The zero-order valence-electron chi connectivity index (χ0n) is 10.1. The Kier molecular flexibility index (Phi) is 2.13. The Balaban J connectivity index is 1.66. The van der Waals surface area contributed by atoms with E-state index in [0.29, 0.717) is 5.92 Å². The fraction of sp³-hybridized carbons (Fsp3) is 0.333. The Bertz CT molecular complexity index is 580. The third-order valence-corrected chi connectivity index (χ3v) is 4.14. The highest BCUT2D eigenvalue weighted by Gasteiger charge is 2.38. The molecule has 0 radical (unpaired) electrons. The molecule has 2 unspecified atom stereocenters. The molecule has 90 valence electrons. The van der Waals surface area contributed by atoms with Crippen LogP contribution in [0.25, 0.3) is 0 Å². The maximum absolute atomic E-state index is 4.71. The van der Waals surface area contributed by atoms with E-state index in [1.165, 1.54) is 30.5 Å². The van der Waals surface area contributed by atoms with Crippen molar-refractivity contribution in [3.8, 4) is 0 Å². The number of nitrogens with one attached hydrogen (secondary N) is 1. The highest BCUT2D eigenvalue weighted by molar-refractivity contribution is 5.53. The van der Waals surface area contributed by atoms with E-state index in [1.807, 2.05) is 36.5 Å². The molecule has 2 atom stereocenters. The van der Waals surface area contributed by atoms with Crippen LogP contribution in [-0.4, -0.2) is 9.97 Å². The Morgan fingerprint density at radius 1 is 1.06 bits per heavy atom. The van der Waals surface area contributed by atoms with Crippen molar-refractivity contribution in [2.75, 3.05) is 5.32 Å². The summed E-state index contributed by atoms with van der Waals surface area (Å²) in [6.07, 6.45) is 5.95. The number of fused-ring (bicyclic) bond motifs is 5. The second-order valence-corrected chi connectivity index (χ2v) is 5.23. The molecule has 2 aliphatic rings. The summed E-state index contributed by atoms with van der Waals surface area (Å²) in [5.74, 6) is 2.15. The molecule has 0 aliphatic heterocycles. The van der Waals surface area contributed by atoms with Crippen molar-refractivity contribution >= 4 is 11.6 Å². The highest BCUT2D eigenvalue weighted by atomic mass is 15.1. The van der Waals surface area contributed by atoms with Gasteiger partial charge >= 0.3 is 0 Å². The maximum Gasteiger partial charge on any atom is 0.227 e. The van der Waals surface area contributed by atoms with Crippen molar-refractivity contribution in [2.24, 2.45) is 0 Å². The van der Waals surface area contributed by atoms with E-state index in [0.717, 1.165) is 17.6 Å². The van der Waals surface area contributed by atoms with Crippen molar-refractivity contribution < 1.29 is 0 Å². The molecule has 0 amide bonds. The number of hydrogen-bond acceptors (Lipinski definition) is 3. The van der Waals surface area contributed by atoms with Crippen molar-refractivity contribution in [2.45, 2.75) is 31.1 Å². The summed E-state index contributed by atoms with van der Waals surface area (Å²) in [7, 11) is 0. The average molecular weight is 237 g/mol. The van der Waals surface area contributed by atoms with Crippen LogP contribution in [0, 0.1) is 0 Å². The predicted molar refractivity (Wildman–Crippen MR) is 71.1 cm³/mol. The molecule has 2 aromatic rings. The highest BCUT2D eigenvalue weighted by Crippen LogP contribution is 2.52. The second kappa shape index (κ2) is 3.80. The fourth-order valence-corrected chi connectivity index (χ4v) is 3.27. The van der Waals surface area contributed by atoms with Crippen molar-refractivity contribution in [1.29, 1.82) is 0 Å². The van der Waals surface area contributed by atoms with E-state index in [-0.39, 0.29) is 0 Å². The van der Waals surface area contributed by atoms with Crippen LogP contribution in [0.2, 0.25) is 0 Å². The molecule has 0 spiro atoms. The molecule has 4 rings (SSSR count). The molecule has 2 aliphatic carbocycles. The van der Waals surface area contributed by atoms with Crippen LogP contribution in [0.3, 0.4) is 0 Å². The monoisotopic (exact) mass is 237 g/mol. The lowest BCUT2D eigenvalue weighted by Crippen LogP contribution is -2.05. The molecule has 1 heterocycles. The second-order valence-electron chi connectivity index (χ2n) is 5.23. The molecule has 2 bridgehead atoms. The standard InChI is InChI=1S/C15H15N3/c1-2-4-12(5-3-1)17-15-16-9-13-10-6-7-11(8-10)14(13)18-15/h1-5,9-11H,6-8H2,(H,16,17,18). The third-order valence-electron chi connectivity index (χ3n) is 4.14. The summed E-state index contributed by atoms with van der Waals surface area (Å²) in [4.78, 5) is 9.15. The van der Waals surface area contributed by atoms with Crippen LogP contribution < -0.4 is 5.32 Å². The number of nitrogens with zero attached hydrogens (tertiary/aromatic N) is 2. The summed E-state index contributed by atoms with van der Waals surface area (Å²) in [5.41, 5.74) is 3.73. The zero-order valence-corrected chi connectivity index (χ0v) is 10.1. The van der Waals surface area contributed by atoms with Crippen molar-refractivity contribution in [3.63, 3.8) is 0 Å². The quantitative estimate of drug-likeness (QED) is 0.867. The SMILES string of the molecule is c1ccc(Nc2ncc3c(n2)C2CCC3C2)cc1. The largest absolute Gasteiger partial charge is 0.324 e. The molecule has 3 nitrogen and oxygen atoms in total. The minimum absolute atomic E-state index is 0.685. The van der Waals surface area contributed by atoms with Crippen LogP contribution in [-0.2, 0) is 0 Å². The predicted octanol–water partition coefficient (Wildman–Crippen LogP) is 3.58. The number of hydrogen-bond donors (Lipinski definition) is 1. The molecular weight excluding hydrogens is 222 g/mol. The van der Waals surface area contributed by atoms with Gasteiger partial charge in [0, 0.05) is 17.8 Å². The van der Waals surface area contributed by atoms with Gasteiger partial charge in [0.15, 0.2) is 0 Å². The van der Waals surface area contributed by atoms with Gasteiger partial charge in [0.2, 0.25) is 5.95 Å². The van der Waals surface area contributed by atoms with Gasteiger partial charge in [-0.25, -0.2) is 9.97 Å². The van der Waals surface area contributed by atoms with Crippen LogP contribution in [0.15, 0.2) is 36.5 Å². The molecule has 18 heavy (non-hydrogen) atoms. The van der Waals surface area contributed by atoms with Gasteiger partial charge in [-0.05, 0) is 42.9 Å². The molecule has 1 aromatic carbocycles. The smallest absolute Gasteiger partial charge is 0.227 e. The summed E-state index contributed by atoms with van der Waals surface area (Å²) in [6.45, 7) is 0. The van der Waals surface area contributed by atoms with Crippen LogP contribution in [0.5, 0.6) is 0 Å². The van der Waals surface area contributed by atoms with Gasteiger partial charge in [0.05, 0.1) is 5.69 Å². The van der Waals surface area contributed by atoms with E-state index < -0.39 is 0 Å². The van der Waals surface area contributed by atoms with E-state index in [1.54, 1.807) is 0 Å². The van der Waals surface area contributed by atoms with Gasteiger partial charge in [0.1, 0.15) is 0 Å². The van der Waals surface area contributed by atoms with E-state index in [4.69, 9.17) is 4.98 Å². The van der Waals surface area contributed by atoms with Crippen molar-refractivity contribution in [3.05, 3.63) is 47.8 Å². The van der Waals surface area contributed by atoms with Crippen molar-refractivity contribution in [1.82, 2.24) is 9.97 Å². The third kappa shape index (κ3) is 1.50. The van der Waals surface area contributed by atoms with Gasteiger partial charge in [-0.2, -0.15) is 0 Å². The lowest BCUT2D eigenvalue weighted by atomic mass is 9.98. The topological polar surface area (TPSA) is 37.8 Å². The molecule has 1 aromatic heterocycles. The van der Waals surface area contributed by atoms with Gasteiger partial charge in [-0.3, -0.25) is 0 Å². The van der Waals surface area contributed by atoms with Crippen LogP contribution >= 0.6 is 0 Å². The van der Waals surface area contributed by atoms with Crippen LogP contribution in [0.1, 0.15) is 42.4 Å². The Morgan fingerprint density at radius 2 is 1.89 bits per heavy atom. The van der Waals surface area contributed by atoms with Crippen LogP contribution in [0.4, 0.5) is 11.6 Å². The first-order chi connectivity index (χ1) is 8.90. The molecule has 1 saturated carbocycles. The molecule has 1 fully saturated rings. The van der Waals surface area contributed by atoms with E-state index in [9.17, 15) is 0 Å². The summed E-state index contributed by atoms with van der Waals surface area (Å²) in [5, 5.41) is 3.27. The lowest BCUT2D eigenvalue weighted by Gasteiger charge is -2.14. The van der Waals surface area contributed by atoms with Gasteiger partial charge < -0.3 is 5.32 Å². The molecule has 3 heteroatoms. The van der Waals surface area contributed by atoms with E-state index >= 15 is 0 Å². The Hall–Kier alpha value is -1.90.